The third kappa shape index (κ3) is 7.39. The second-order valence-electron chi connectivity index (χ2n) is 5.18. The Hall–Kier alpha value is -0.900. The summed E-state index contributed by atoms with van der Waals surface area (Å²) in [5, 5.41) is 10.6. The van der Waals surface area contributed by atoms with Gasteiger partial charge in [-0.3, -0.25) is 9.67 Å². The third-order valence-corrected chi connectivity index (χ3v) is 3.29. The van der Waals surface area contributed by atoms with Crippen LogP contribution in [0.3, 0.4) is 0 Å². The minimum atomic E-state index is 0. The fourth-order valence-corrected chi connectivity index (χ4v) is 2.02. The number of halogens is 1. The van der Waals surface area contributed by atoms with Crippen molar-refractivity contribution in [2.24, 2.45) is 18.0 Å². The largest absolute Gasteiger partial charge is 0.378 e. The van der Waals surface area contributed by atoms with Gasteiger partial charge >= 0.3 is 0 Å². The van der Waals surface area contributed by atoms with E-state index in [0.29, 0.717) is 12.5 Å². The molecule has 0 saturated carbocycles. The SMILES string of the molecule is CCOC(CCNC(=NC)NCc1ncnn1C)C(C)C.I. The zero-order chi connectivity index (χ0) is 15.7. The van der Waals surface area contributed by atoms with Gasteiger partial charge in [0, 0.05) is 27.2 Å². The summed E-state index contributed by atoms with van der Waals surface area (Å²) in [6.07, 6.45) is 2.78. The molecule has 8 heteroatoms. The van der Waals surface area contributed by atoms with Crippen LogP contribution in [0.5, 0.6) is 0 Å². The average Bonchev–Trinajstić information content (AvgIpc) is 2.86. The molecule has 2 N–H and O–H groups in total. The zero-order valence-electron chi connectivity index (χ0n) is 14.2. The van der Waals surface area contributed by atoms with E-state index in [2.05, 4.69) is 39.6 Å². The molecule has 1 atom stereocenters. The van der Waals surface area contributed by atoms with Crippen molar-refractivity contribution in [3.63, 3.8) is 0 Å². The van der Waals surface area contributed by atoms with Crippen molar-refractivity contribution in [3.05, 3.63) is 12.2 Å². The summed E-state index contributed by atoms with van der Waals surface area (Å²) in [7, 11) is 3.63. The first kappa shape index (κ1) is 21.1. The van der Waals surface area contributed by atoms with E-state index in [1.807, 2.05) is 14.0 Å². The van der Waals surface area contributed by atoms with E-state index < -0.39 is 0 Å². The molecule has 22 heavy (non-hydrogen) atoms. The van der Waals surface area contributed by atoms with Gasteiger partial charge in [-0.2, -0.15) is 5.10 Å². The summed E-state index contributed by atoms with van der Waals surface area (Å²) in [5.74, 6) is 2.14. The zero-order valence-corrected chi connectivity index (χ0v) is 16.5. The highest BCUT2D eigenvalue weighted by Gasteiger charge is 2.13. The van der Waals surface area contributed by atoms with Gasteiger partial charge < -0.3 is 15.4 Å². The van der Waals surface area contributed by atoms with Gasteiger partial charge in [-0.25, -0.2) is 4.98 Å². The molecule has 0 aliphatic carbocycles. The highest BCUT2D eigenvalue weighted by atomic mass is 127. The summed E-state index contributed by atoms with van der Waals surface area (Å²) in [5.41, 5.74) is 0. The Bertz CT molecular complexity index is 435. The lowest BCUT2D eigenvalue weighted by atomic mass is 10.0. The molecule has 1 aromatic rings. The van der Waals surface area contributed by atoms with Crippen LogP contribution in [0.2, 0.25) is 0 Å². The number of hydrogen-bond acceptors (Lipinski definition) is 4. The van der Waals surface area contributed by atoms with Crippen LogP contribution in [0.15, 0.2) is 11.3 Å². The molecule has 1 rings (SSSR count). The Balaban J connectivity index is 0.00000441. The van der Waals surface area contributed by atoms with E-state index in [-0.39, 0.29) is 30.1 Å². The first-order valence-electron chi connectivity index (χ1n) is 7.47. The number of guanidine groups is 1. The minimum Gasteiger partial charge on any atom is -0.378 e. The molecule has 1 unspecified atom stereocenters. The fraction of sp³-hybridized carbons (Fsp3) is 0.786. The van der Waals surface area contributed by atoms with Gasteiger partial charge in [0.2, 0.25) is 0 Å². The lowest BCUT2D eigenvalue weighted by molar-refractivity contribution is 0.0258. The molecule has 0 saturated heterocycles. The number of ether oxygens (including phenoxy) is 1. The van der Waals surface area contributed by atoms with Gasteiger partial charge in [0.15, 0.2) is 5.96 Å². The van der Waals surface area contributed by atoms with E-state index in [9.17, 15) is 0 Å². The molecule has 0 aliphatic rings. The van der Waals surface area contributed by atoms with Crippen LogP contribution in [0.1, 0.15) is 33.0 Å². The molecule has 0 amide bonds. The number of aliphatic imine (C=N–C) groups is 1. The van der Waals surface area contributed by atoms with Crippen molar-refractivity contribution in [3.8, 4) is 0 Å². The fourth-order valence-electron chi connectivity index (χ4n) is 2.02. The number of hydrogen-bond donors (Lipinski definition) is 2. The summed E-state index contributed by atoms with van der Waals surface area (Å²) in [4.78, 5) is 8.37. The van der Waals surface area contributed by atoms with Gasteiger partial charge in [-0.05, 0) is 19.3 Å². The minimum absolute atomic E-state index is 0. The Morgan fingerprint density at radius 2 is 2.14 bits per heavy atom. The number of rotatable bonds is 8. The van der Waals surface area contributed by atoms with E-state index in [1.54, 1.807) is 18.1 Å². The van der Waals surface area contributed by atoms with Crippen molar-refractivity contribution in [1.82, 2.24) is 25.4 Å². The van der Waals surface area contributed by atoms with Crippen LogP contribution in [0.25, 0.3) is 0 Å². The van der Waals surface area contributed by atoms with Crippen molar-refractivity contribution < 1.29 is 4.74 Å². The van der Waals surface area contributed by atoms with Crippen LogP contribution >= 0.6 is 24.0 Å². The van der Waals surface area contributed by atoms with Gasteiger partial charge in [0.25, 0.3) is 0 Å². The molecule has 7 nitrogen and oxygen atoms in total. The molecule has 0 bridgehead atoms. The maximum atomic E-state index is 5.73. The van der Waals surface area contributed by atoms with Crippen molar-refractivity contribution in [2.45, 2.75) is 39.8 Å². The van der Waals surface area contributed by atoms with Gasteiger partial charge in [-0.15, -0.1) is 24.0 Å². The van der Waals surface area contributed by atoms with E-state index in [0.717, 1.165) is 31.4 Å². The predicted molar refractivity (Wildman–Crippen MR) is 99.5 cm³/mol. The summed E-state index contributed by atoms with van der Waals surface area (Å²) >= 11 is 0. The second-order valence-corrected chi connectivity index (χ2v) is 5.18. The van der Waals surface area contributed by atoms with Crippen molar-refractivity contribution >= 4 is 29.9 Å². The molecule has 0 fully saturated rings. The van der Waals surface area contributed by atoms with Crippen LogP contribution in [0, 0.1) is 5.92 Å². The Kier molecular flexibility index (Phi) is 11.2. The average molecular weight is 424 g/mol. The monoisotopic (exact) mass is 424 g/mol. The number of nitrogens with one attached hydrogen (secondary N) is 2. The molecule has 0 spiro atoms. The normalized spacial score (nSPS) is 12.9. The van der Waals surface area contributed by atoms with E-state index in [4.69, 9.17) is 4.74 Å². The van der Waals surface area contributed by atoms with Crippen LogP contribution in [-0.2, 0) is 18.3 Å². The Morgan fingerprint density at radius 1 is 1.41 bits per heavy atom. The van der Waals surface area contributed by atoms with Crippen LogP contribution in [0.4, 0.5) is 0 Å². The highest BCUT2D eigenvalue weighted by Crippen LogP contribution is 2.09. The topological polar surface area (TPSA) is 76.4 Å². The highest BCUT2D eigenvalue weighted by molar-refractivity contribution is 14.0. The second kappa shape index (κ2) is 11.6. The smallest absolute Gasteiger partial charge is 0.191 e. The molecule has 128 valence electrons. The van der Waals surface area contributed by atoms with Crippen LogP contribution in [-0.4, -0.2) is 47.0 Å². The number of nitrogens with zero attached hydrogens (tertiary/aromatic N) is 4. The number of aromatic nitrogens is 3. The lowest BCUT2D eigenvalue weighted by Gasteiger charge is -2.21. The molecular formula is C14H29IN6O. The molecule has 1 aromatic heterocycles. The van der Waals surface area contributed by atoms with Crippen LogP contribution < -0.4 is 10.6 Å². The number of aryl methyl sites for hydroxylation is 1. The molecule has 0 radical (unpaired) electrons. The predicted octanol–water partition coefficient (Wildman–Crippen LogP) is 1.55. The lowest BCUT2D eigenvalue weighted by Crippen LogP contribution is -2.39. The van der Waals surface area contributed by atoms with Gasteiger partial charge in [0.1, 0.15) is 12.2 Å². The molecular weight excluding hydrogens is 395 g/mol. The first-order chi connectivity index (χ1) is 10.1. The standard InChI is InChI=1S/C14H28N6O.HI/c1-6-21-12(11(2)3)7-8-16-14(15-4)17-9-13-18-10-19-20(13)5;/h10-12H,6-9H2,1-5H3,(H2,15,16,17);1H. The van der Waals surface area contributed by atoms with E-state index >= 15 is 0 Å². The molecule has 0 aliphatic heterocycles. The van der Waals surface area contributed by atoms with Crippen molar-refractivity contribution in [1.29, 1.82) is 0 Å². The summed E-state index contributed by atoms with van der Waals surface area (Å²) in [6.45, 7) is 8.56. The third-order valence-electron chi connectivity index (χ3n) is 3.29. The summed E-state index contributed by atoms with van der Waals surface area (Å²) in [6, 6.07) is 0. The van der Waals surface area contributed by atoms with Crippen molar-refractivity contribution in [2.75, 3.05) is 20.2 Å². The first-order valence-corrected chi connectivity index (χ1v) is 7.47. The van der Waals surface area contributed by atoms with Gasteiger partial charge in [0.05, 0.1) is 12.6 Å². The van der Waals surface area contributed by atoms with E-state index in [1.165, 1.54) is 0 Å². The summed E-state index contributed by atoms with van der Waals surface area (Å²) < 4.78 is 7.47. The Labute approximate surface area is 150 Å². The molecule has 0 aromatic carbocycles. The Morgan fingerprint density at radius 3 is 2.64 bits per heavy atom. The van der Waals surface area contributed by atoms with Gasteiger partial charge in [-0.1, -0.05) is 13.8 Å². The maximum Gasteiger partial charge on any atom is 0.191 e. The maximum absolute atomic E-state index is 5.73. The molecule has 1 heterocycles. The quantitative estimate of drug-likeness (QED) is 0.376.